The highest BCUT2D eigenvalue weighted by Gasteiger charge is 2.21. The van der Waals surface area contributed by atoms with Crippen LogP contribution in [0.25, 0.3) is 22.2 Å². The Labute approximate surface area is 193 Å². The standard InChI is InChI=1S/C26H29N7/c1-33-23-8-7-19(14-22(23)31-24(33)13-17-5-3-2-4-6-17)20-15-21(18-9-11-29-12-10-18)32-25(20)26(28)30-16-27/h2-8,14-16,18,29,32H,9-13H2,1H3,(H3,27,28,30). The first-order valence-electron chi connectivity index (χ1n) is 11.4. The normalized spacial score (nSPS) is 15.2. The molecule has 0 aliphatic carbocycles. The van der Waals surface area contributed by atoms with Gasteiger partial charge >= 0.3 is 0 Å². The number of piperidine rings is 1. The molecule has 0 atom stereocenters. The molecular formula is C26H29N7. The minimum absolute atomic E-state index is 0.325. The van der Waals surface area contributed by atoms with Crippen molar-refractivity contribution >= 4 is 23.2 Å². The van der Waals surface area contributed by atoms with Crippen LogP contribution < -0.4 is 11.1 Å². The number of aromatic nitrogens is 3. The zero-order chi connectivity index (χ0) is 22.8. The number of nitrogens with zero attached hydrogens (tertiary/aromatic N) is 3. The Morgan fingerprint density at radius 2 is 1.97 bits per heavy atom. The number of nitrogens with one attached hydrogen (secondary N) is 3. The molecule has 33 heavy (non-hydrogen) atoms. The molecule has 0 unspecified atom stereocenters. The third-order valence-corrected chi connectivity index (χ3v) is 6.57. The number of imidazole rings is 1. The molecule has 1 saturated heterocycles. The van der Waals surface area contributed by atoms with Crippen molar-refractivity contribution in [3.05, 3.63) is 77.4 Å². The van der Waals surface area contributed by atoms with Gasteiger partial charge in [0.1, 0.15) is 18.0 Å². The van der Waals surface area contributed by atoms with E-state index in [1.807, 2.05) is 6.07 Å². The van der Waals surface area contributed by atoms with Crippen LogP contribution >= 0.6 is 0 Å². The van der Waals surface area contributed by atoms with Crippen LogP contribution in [0.1, 0.15) is 41.5 Å². The second-order valence-corrected chi connectivity index (χ2v) is 8.63. The molecule has 0 spiro atoms. The van der Waals surface area contributed by atoms with Gasteiger partial charge in [0.25, 0.3) is 0 Å². The van der Waals surface area contributed by atoms with Gasteiger partial charge in [-0.05, 0) is 55.3 Å². The molecule has 0 bridgehead atoms. The summed E-state index contributed by atoms with van der Waals surface area (Å²) in [5.41, 5.74) is 13.5. The number of aryl methyl sites for hydroxylation is 1. The number of aromatic amines is 1. The second-order valence-electron chi connectivity index (χ2n) is 8.63. The first-order chi connectivity index (χ1) is 16.1. The molecule has 3 heterocycles. The van der Waals surface area contributed by atoms with E-state index in [1.165, 1.54) is 11.3 Å². The van der Waals surface area contributed by atoms with Crippen molar-refractivity contribution in [1.29, 1.82) is 5.41 Å². The topological polar surface area (TPSA) is 108 Å². The summed E-state index contributed by atoms with van der Waals surface area (Å²) < 4.78 is 2.16. The molecule has 5 N–H and O–H groups in total. The monoisotopic (exact) mass is 439 g/mol. The molecule has 4 aromatic rings. The van der Waals surface area contributed by atoms with Gasteiger partial charge in [-0.25, -0.2) is 9.98 Å². The number of aliphatic imine (C=N–C) groups is 1. The number of hydrogen-bond acceptors (Lipinski definition) is 3. The fourth-order valence-electron chi connectivity index (χ4n) is 4.75. The molecule has 2 aromatic carbocycles. The average Bonchev–Trinajstić information content (AvgIpc) is 3.42. The van der Waals surface area contributed by atoms with Crippen LogP contribution in [0, 0.1) is 5.41 Å². The van der Waals surface area contributed by atoms with Gasteiger partial charge in [0.15, 0.2) is 0 Å². The van der Waals surface area contributed by atoms with Crippen molar-refractivity contribution in [3.8, 4) is 11.1 Å². The zero-order valence-corrected chi connectivity index (χ0v) is 18.8. The summed E-state index contributed by atoms with van der Waals surface area (Å²) in [4.78, 5) is 12.5. The van der Waals surface area contributed by atoms with Gasteiger partial charge in [-0.15, -0.1) is 0 Å². The molecule has 7 heteroatoms. The first kappa shape index (κ1) is 21.2. The molecule has 0 radical (unpaired) electrons. The number of benzene rings is 2. The van der Waals surface area contributed by atoms with E-state index in [0.717, 1.165) is 72.4 Å². The highest BCUT2D eigenvalue weighted by atomic mass is 15.1. The van der Waals surface area contributed by atoms with Crippen LogP contribution in [0.4, 0.5) is 0 Å². The third kappa shape index (κ3) is 4.19. The maximum Gasteiger partial charge on any atom is 0.149 e. The molecule has 2 aromatic heterocycles. The molecule has 1 aliphatic heterocycles. The van der Waals surface area contributed by atoms with E-state index < -0.39 is 0 Å². The Balaban J connectivity index is 1.55. The summed E-state index contributed by atoms with van der Waals surface area (Å²) in [6.07, 6.45) is 3.95. The fraction of sp³-hybridized carbons (Fsp3) is 0.269. The maximum atomic E-state index is 7.36. The SMILES string of the molecule is Cn1c(Cc2ccccc2)nc2cc(-c3cc(C4CCNCC4)[nH]c3C(N)=NC=N)ccc21. The minimum atomic E-state index is 0.325. The smallest absolute Gasteiger partial charge is 0.149 e. The predicted molar refractivity (Wildman–Crippen MR) is 134 cm³/mol. The Kier molecular flexibility index (Phi) is 5.79. The van der Waals surface area contributed by atoms with Gasteiger partial charge in [0, 0.05) is 30.6 Å². The average molecular weight is 440 g/mol. The van der Waals surface area contributed by atoms with Crippen LogP contribution in [0.15, 0.2) is 59.6 Å². The molecule has 5 rings (SSSR count). The lowest BCUT2D eigenvalue weighted by molar-refractivity contribution is 0.454. The van der Waals surface area contributed by atoms with Crippen molar-refractivity contribution in [2.45, 2.75) is 25.2 Å². The van der Waals surface area contributed by atoms with Crippen molar-refractivity contribution in [1.82, 2.24) is 19.9 Å². The number of nitrogens with two attached hydrogens (primary N) is 1. The predicted octanol–water partition coefficient (Wildman–Crippen LogP) is 3.94. The number of H-pyrrole nitrogens is 1. The van der Waals surface area contributed by atoms with Crippen molar-refractivity contribution in [2.24, 2.45) is 17.8 Å². The van der Waals surface area contributed by atoms with Crippen molar-refractivity contribution in [2.75, 3.05) is 13.1 Å². The minimum Gasteiger partial charge on any atom is -0.382 e. The van der Waals surface area contributed by atoms with E-state index >= 15 is 0 Å². The Bertz CT molecular complexity index is 1310. The molecule has 7 nitrogen and oxygen atoms in total. The van der Waals surface area contributed by atoms with Crippen LogP contribution in [0.3, 0.4) is 0 Å². The quantitative estimate of drug-likeness (QED) is 0.270. The van der Waals surface area contributed by atoms with E-state index in [9.17, 15) is 0 Å². The van der Waals surface area contributed by atoms with E-state index in [4.69, 9.17) is 16.1 Å². The summed E-state index contributed by atoms with van der Waals surface area (Å²) in [6.45, 7) is 2.03. The summed E-state index contributed by atoms with van der Waals surface area (Å²) >= 11 is 0. The molecule has 0 saturated carbocycles. The lowest BCUT2D eigenvalue weighted by Gasteiger charge is -2.21. The van der Waals surface area contributed by atoms with Crippen LogP contribution in [0.5, 0.6) is 0 Å². The molecule has 168 valence electrons. The first-order valence-corrected chi connectivity index (χ1v) is 11.4. The van der Waals surface area contributed by atoms with E-state index in [-0.39, 0.29) is 0 Å². The highest BCUT2D eigenvalue weighted by molar-refractivity contribution is 6.05. The summed E-state index contributed by atoms with van der Waals surface area (Å²) in [5.74, 6) is 1.82. The van der Waals surface area contributed by atoms with E-state index in [2.05, 4.69) is 75.4 Å². The fourth-order valence-corrected chi connectivity index (χ4v) is 4.75. The molecule has 0 amide bonds. The summed E-state index contributed by atoms with van der Waals surface area (Å²) in [6, 6.07) is 19.0. The molecular weight excluding hydrogens is 410 g/mol. The molecule has 1 aliphatic rings. The number of fused-ring (bicyclic) bond motifs is 1. The number of amidine groups is 1. The van der Waals surface area contributed by atoms with Crippen molar-refractivity contribution < 1.29 is 0 Å². The number of hydrogen-bond donors (Lipinski definition) is 4. The van der Waals surface area contributed by atoms with E-state index in [1.54, 1.807) is 0 Å². The maximum absolute atomic E-state index is 7.36. The number of rotatable bonds is 6. The Hall–Kier alpha value is -3.71. The van der Waals surface area contributed by atoms with Crippen molar-refractivity contribution in [3.63, 3.8) is 0 Å². The van der Waals surface area contributed by atoms with Gasteiger partial charge in [-0.2, -0.15) is 0 Å². The van der Waals surface area contributed by atoms with Gasteiger partial charge in [0.05, 0.1) is 16.7 Å². The van der Waals surface area contributed by atoms with Crippen LogP contribution in [-0.2, 0) is 13.5 Å². The van der Waals surface area contributed by atoms with Crippen LogP contribution in [0.2, 0.25) is 0 Å². The molecule has 1 fully saturated rings. The second kappa shape index (κ2) is 9.03. The Morgan fingerprint density at radius 3 is 2.73 bits per heavy atom. The summed E-state index contributed by atoms with van der Waals surface area (Å²) in [5, 5.41) is 10.8. The summed E-state index contributed by atoms with van der Waals surface area (Å²) in [7, 11) is 2.07. The van der Waals surface area contributed by atoms with Crippen LogP contribution in [-0.4, -0.2) is 39.8 Å². The van der Waals surface area contributed by atoms with E-state index in [0.29, 0.717) is 11.8 Å². The van der Waals surface area contributed by atoms with Gasteiger partial charge < -0.3 is 20.6 Å². The zero-order valence-electron chi connectivity index (χ0n) is 18.8. The largest absolute Gasteiger partial charge is 0.382 e. The van der Waals surface area contributed by atoms with Gasteiger partial charge in [-0.3, -0.25) is 5.41 Å². The lowest BCUT2D eigenvalue weighted by atomic mass is 9.94. The third-order valence-electron chi connectivity index (χ3n) is 6.57. The Morgan fingerprint density at radius 1 is 1.18 bits per heavy atom. The van der Waals surface area contributed by atoms with Gasteiger partial charge in [0.2, 0.25) is 0 Å². The van der Waals surface area contributed by atoms with Gasteiger partial charge in [-0.1, -0.05) is 36.4 Å². The lowest BCUT2D eigenvalue weighted by Crippen LogP contribution is -2.26. The highest BCUT2D eigenvalue weighted by Crippen LogP contribution is 2.33.